The number of thiazole rings is 1. The minimum absolute atomic E-state index is 0.224. The number of thiophene rings is 1. The third-order valence-corrected chi connectivity index (χ3v) is 5.63. The van der Waals surface area contributed by atoms with Gasteiger partial charge in [-0.3, -0.25) is 14.9 Å². The van der Waals surface area contributed by atoms with Crippen molar-refractivity contribution in [2.75, 3.05) is 29.6 Å². The lowest BCUT2D eigenvalue weighted by atomic mass is 10.1. The van der Waals surface area contributed by atoms with Crippen LogP contribution in [0.15, 0.2) is 41.1 Å². The summed E-state index contributed by atoms with van der Waals surface area (Å²) >= 11 is 2.41. The first-order chi connectivity index (χ1) is 14.1. The molecule has 11 heteroatoms. The average Bonchev–Trinajstić information content (AvgIpc) is 3.33. The van der Waals surface area contributed by atoms with Gasteiger partial charge in [-0.15, -0.1) is 22.7 Å². The summed E-state index contributed by atoms with van der Waals surface area (Å²) in [6, 6.07) is 7.12. The maximum Gasteiger partial charge on any atom is 0.418 e. The van der Waals surface area contributed by atoms with Crippen LogP contribution in [-0.4, -0.2) is 30.9 Å². The zero-order valence-corrected chi connectivity index (χ0v) is 17.5. The summed E-state index contributed by atoms with van der Waals surface area (Å²) in [7, 11) is 3.26. The van der Waals surface area contributed by atoms with Crippen molar-refractivity contribution in [1.29, 1.82) is 0 Å². The lowest BCUT2D eigenvalue weighted by Crippen LogP contribution is -2.19. The molecule has 0 aliphatic rings. The quantitative estimate of drug-likeness (QED) is 0.565. The number of nitrogens with one attached hydrogen (secondary N) is 2. The number of carbonyl (C=O) groups is 2. The average molecular weight is 454 g/mol. The zero-order valence-electron chi connectivity index (χ0n) is 15.9. The molecule has 0 saturated carbocycles. The summed E-state index contributed by atoms with van der Waals surface area (Å²) in [5.41, 5.74) is -0.535. The van der Waals surface area contributed by atoms with Gasteiger partial charge in [0, 0.05) is 25.2 Å². The molecule has 0 radical (unpaired) electrons. The van der Waals surface area contributed by atoms with Crippen LogP contribution in [0, 0.1) is 0 Å². The van der Waals surface area contributed by atoms with Crippen LogP contribution in [0.4, 0.5) is 29.7 Å². The molecule has 3 rings (SSSR count). The van der Waals surface area contributed by atoms with Gasteiger partial charge in [0.1, 0.15) is 0 Å². The van der Waals surface area contributed by atoms with E-state index in [-0.39, 0.29) is 18.0 Å². The molecule has 0 atom stereocenters. The van der Waals surface area contributed by atoms with Crippen molar-refractivity contribution in [3.63, 3.8) is 0 Å². The summed E-state index contributed by atoms with van der Waals surface area (Å²) in [4.78, 5) is 30.5. The lowest BCUT2D eigenvalue weighted by Gasteiger charge is -2.18. The standard InChI is InChI=1S/C19H17F3N4O2S2/c1-26(2)12-5-6-14(13(9-12)19(20,21)22)24-16(27)8-11-10-30-18(23-11)25-17(28)15-4-3-7-29-15/h3-7,9-10H,8H2,1-2H3,(H,24,27)(H,23,25,28). The molecule has 2 aromatic heterocycles. The molecular weight excluding hydrogens is 437 g/mol. The predicted octanol–water partition coefficient (Wildman–Crippen LogP) is 4.72. The molecule has 2 N–H and O–H groups in total. The van der Waals surface area contributed by atoms with Gasteiger partial charge in [-0.2, -0.15) is 13.2 Å². The van der Waals surface area contributed by atoms with E-state index in [2.05, 4.69) is 15.6 Å². The van der Waals surface area contributed by atoms with Gasteiger partial charge in [0.2, 0.25) is 5.91 Å². The Morgan fingerprint density at radius 3 is 2.53 bits per heavy atom. The fourth-order valence-corrected chi connectivity index (χ4v) is 3.85. The van der Waals surface area contributed by atoms with Gasteiger partial charge in [-0.1, -0.05) is 6.07 Å². The number of hydrogen-bond donors (Lipinski definition) is 2. The second kappa shape index (κ2) is 8.84. The van der Waals surface area contributed by atoms with E-state index in [1.165, 1.54) is 23.5 Å². The Bertz CT molecular complexity index is 1050. The molecule has 0 bridgehead atoms. The van der Waals surface area contributed by atoms with E-state index < -0.39 is 17.6 Å². The molecular formula is C19H17F3N4O2S2. The molecule has 2 heterocycles. The van der Waals surface area contributed by atoms with Crippen LogP contribution in [0.25, 0.3) is 0 Å². The van der Waals surface area contributed by atoms with Gasteiger partial charge >= 0.3 is 6.18 Å². The van der Waals surface area contributed by atoms with Crippen LogP contribution in [0.2, 0.25) is 0 Å². The fourth-order valence-electron chi connectivity index (χ4n) is 2.52. The SMILES string of the molecule is CN(C)c1ccc(NC(=O)Cc2csc(NC(=O)c3cccs3)n2)c(C(F)(F)F)c1. The highest BCUT2D eigenvalue weighted by atomic mass is 32.1. The third-order valence-electron chi connectivity index (χ3n) is 3.96. The van der Waals surface area contributed by atoms with Gasteiger partial charge in [-0.05, 0) is 29.6 Å². The number of amides is 2. The third kappa shape index (κ3) is 5.36. The zero-order chi connectivity index (χ0) is 21.9. The minimum atomic E-state index is -4.62. The van der Waals surface area contributed by atoms with Crippen LogP contribution in [0.1, 0.15) is 20.9 Å². The Hall–Kier alpha value is -2.92. The molecule has 2 amide bonds. The first kappa shape index (κ1) is 21.8. The Labute approximate surface area is 178 Å². The van der Waals surface area contributed by atoms with Crippen molar-refractivity contribution in [2.24, 2.45) is 0 Å². The van der Waals surface area contributed by atoms with E-state index >= 15 is 0 Å². The van der Waals surface area contributed by atoms with Crippen LogP contribution in [0.5, 0.6) is 0 Å². The number of rotatable bonds is 6. The van der Waals surface area contributed by atoms with Crippen molar-refractivity contribution in [2.45, 2.75) is 12.6 Å². The maximum absolute atomic E-state index is 13.4. The second-order valence-corrected chi connectivity index (χ2v) is 8.23. The van der Waals surface area contributed by atoms with E-state index in [1.54, 1.807) is 41.9 Å². The van der Waals surface area contributed by atoms with Crippen LogP contribution in [0.3, 0.4) is 0 Å². The van der Waals surface area contributed by atoms with E-state index in [0.717, 1.165) is 17.4 Å². The van der Waals surface area contributed by atoms with E-state index in [1.807, 2.05) is 0 Å². The van der Waals surface area contributed by atoms with Crippen LogP contribution < -0.4 is 15.5 Å². The van der Waals surface area contributed by atoms with Crippen molar-refractivity contribution in [3.05, 3.63) is 57.2 Å². The maximum atomic E-state index is 13.4. The Balaban J connectivity index is 1.68. The molecule has 30 heavy (non-hydrogen) atoms. The van der Waals surface area contributed by atoms with Gasteiger partial charge in [-0.25, -0.2) is 4.98 Å². The number of aromatic nitrogens is 1. The Morgan fingerprint density at radius 1 is 1.13 bits per heavy atom. The van der Waals surface area contributed by atoms with E-state index in [0.29, 0.717) is 21.4 Å². The molecule has 0 spiro atoms. The highest BCUT2D eigenvalue weighted by molar-refractivity contribution is 7.14. The number of alkyl halides is 3. The summed E-state index contributed by atoms with van der Waals surface area (Å²) in [5, 5.41) is 8.58. The van der Waals surface area contributed by atoms with E-state index in [4.69, 9.17) is 0 Å². The van der Waals surface area contributed by atoms with Crippen molar-refractivity contribution in [3.8, 4) is 0 Å². The van der Waals surface area contributed by atoms with Gasteiger partial charge in [0.15, 0.2) is 5.13 Å². The molecule has 0 unspecified atom stereocenters. The summed E-state index contributed by atoms with van der Waals surface area (Å²) in [6.45, 7) is 0. The number of halogens is 3. The smallest absolute Gasteiger partial charge is 0.378 e. The Morgan fingerprint density at radius 2 is 1.90 bits per heavy atom. The molecule has 0 fully saturated rings. The summed E-state index contributed by atoms with van der Waals surface area (Å²) in [5.74, 6) is -0.953. The molecule has 158 valence electrons. The molecule has 0 aliphatic carbocycles. The fraction of sp³-hybridized carbons (Fsp3) is 0.211. The van der Waals surface area contributed by atoms with Crippen molar-refractivity contribution in [1.82, 2.24) is 4.98 Å². The Kier molecular flexibility index (Phi) is 6.42. The summed E-state index contributed by atoms with van der Waals surface area (Å²) < 4.78 is 40.2. The number of anilines is 3. The monoisotopic (exact) mass is 454 g/mol. The van der Waals surface area contributed by atoms with Gasteiger partial charge < -0.3 is 10.2 Å². The number of nitrogens with zero attached hydrogens (tertiary/aromatic N) is 2. The molecule has 3 aromatic rings. The molecule has 0 aliphatic heterocycles. The highest BCUT2D eigenvalue weighted by Gasteiger charge is 2.34. The van der Waals surface area contributed by atoms with Crippen LogP contribution in [-0.2, 0) is 17.4 Å². The predicted molar refractivity (Wildman–Crippen MR) is 112 cm³/mol. The van der Waals surface area contributed by atoms with Crippen molar-refractivity contribution >= 4 is 51.0 Å². The number of benzene rings is 1. The lowest BCUT2D eigenvalue weighted by molar-refractivity contribution is -0.136. The van der Waals surface area contributed by atoms with Gasteiger partial charge in [0.25, 0.3) is 5.91 Å². The largest absolute Gasteiger partial charge is 0.418 e. The number of hydrogen-bond acceptors (Lipinski definition) is 6. The molecule has 6 nitrogen and oxygen atoms in total. The highest BCUT2D eigenvalue weighted by Crippen LogP contribution is 2.37. The normalized spacial score (nSPS) is 11.2. The minimum Gasteiger partial charge on any atom is -0.378 e. The second-order valence-electron chi connectivity index (χ2n) is 6.42. The van der Waals surface area contributed by atoms with Crippen LogP contribution >= 0.6 is 22.7 Å². The van der Waals surface area contributed by atoms with Gasteiger partial charge in [0.05, 0.1) is 28.2 Å². The molecule has 1 aromatic carbocycles. The molecule has 0 saturated heterocycles. The topological polar surface area (TPSA) is 74.3 Å². The first-order valence-corrected chi connectivity index (χ1v) is 10.4. The first-order valence-electron chi connectivity index (χ1n) is 8.61. The number of carbonyl (C=O) groups excluding carboxylic acids is 2. The summed E-state index contributed by atoms with van der Waals surface area (Å²) in [6.07, 6.45) is -4.84. The van der Waals surface area contributed by atoms with Crippen molar-refractivity contribution < 1.29 is 22.8 Å². The van der Waals surface area contributed by atoms with E-state index in [9.17, 15) is 22.8 Å².